The fourth-order valence-corrected chi connectivity index (χ4v) is 2.08. The second-order valence-corrected chi connectivity index (χ2v) is 3.84. The number of Topliss-reactive ketones (excluding diaryl/α,β-unsaturated/α-hetero) is 1. The molecule has 14 heavy (non-hydrogen) atoms. The Balaban J connectivity index is 2.47. The van der Waals surface area contributed by atoms with Crippen LogP contribution in [-0.2, 0) is 12.8 Å². The van der Waals surface area contributed by atoms with Gasteiger partial charge in [0.05, 0.1) is 0 Å². The topological polar surface area (TPSA) is 43.1 Å². The first-order chi connectivity index (χ1) is 6.72. The van der Waals surface area contributed by atoms with E-state index in [1.54, 1.807) is 0 Å². The summed E-state index contributed by atoms with van der Waals surface area (Å²) in [4.78, 5) is 11.6. The molecule has 0 saturated heterocycles. The van der Waals surface area contributed by atoms with Gasteiger partial charge in [-0.25, -0.2) is 0 Å². The number of carbonyl (C=O) groups excluding carboxylic acids is 1. The van der Waals surface area contributed by atoms with Gasteiger partial charge in [0.25, 0.3) is 0 Å². The maximum Gasteiger partial charge on any atom is 0.164 e. The standard InChI is InChI=1S/C12H15NO/c1-2-12(14)10-6-8-4-3-5-9(8)7-11(10)13/h6-7H,2-5,13H2,1H3. The van der Waals surface area contributed by atoms with Crippen molar-refractivity contribution in [1.29, 1.82) is 0 Å². The minimum atomic E-state index is 0.150. The molecule has 2 nitrogen and oxygen atoms in total. The quantitative estimate of drug-likeness (QED) is 0.573. The van der Waals surface area contributed by atoms with Crippen LogP contribution in [0, 0.1) is 0 Å². The third kappa shape index (κ3) is 1.41. The summed E-state index contributed by atoms with van der Waals surface area (Å²) in [7, 11) is 0. The molecule has 0 atom stereocenters. The van der Waals surface area contributed by atoms with Gasteiger partial charge in [0.15, 0.2) is 5.78 Å². The van der Waals surface area contributed by atoms with Gasteiger partial charge in [-0.3, -0.25) is 4.79 Å². The highest BCUT2D eigenvalue weighted by molar-refractivity contribution is 6.00. The van der Waals surface area contributed by atoms with E-state index in [1.165, 1.54) is 17.5 Å². The first-order valence-electron chi connectivity index (χ1n) is 5.17. The van der Waals surface area contributed by atoms with Gasteiger partial charge >= 0.3 is 0 Å². The van der Waals surface area contributed by atoms with E-state index < -0.39 is 0 Å². The van der Waals surface area contributed by atoms with E-state index in [1.807, 2.05) is 19.1 Å². The molecule has 2 heteroatoms. The normalized spacial score (nSPS) is 14.1. The predicted octanol–water partition coefficient (Wildman–Crippen LogP) is 2.35. The van der Waals surface area contributed by atoms with Gasteiger partial charge in [-0.15, -0.1) is 0 Å². The Labute approximate surface area is 84.1 Å². The van der Waals surface area contributed by atoms with Crippen molar-refractivity contribution in [1.82, 2.24) is 0 Å². The van der Waals surface area contributed by atoms with Crippen LogP contribution in [0.15, 0.2) is 12.1 Å². The Bertz CT molecular complexity index is 382. The molecule has 1 aromatic carbocycles. The van der Waals surface area contributed by atoms with Crippen molar-refractivity contribution in [2.45, 2.75) is 32.6 Å². The minimum absolute atomic E-state index is 0.150. The van der Waals surface area contributed by atoms with Crippen LogP contribution >= 0.6 is 0 Å². The highest BCUT2D eigenvalue weighted by Crippen LogP contribution is 2.27. The Morgan fingerprint density at radius 1 is 1.36 bits per heavy atom. The number of hydrogen-bond donors (Lipinski definition) is 1. The molecule has 2 N–H and O–H groups in total. The van der Waals surface area contributed by atoms with Crippen molar-refractivity contribution >= 4 is 11.5 Å². The minimum Gasteiger partial charge on any atom is -0.398 e. The second-order valence-electron chi connectivity index (χ2n) is 3.84. The zero-order valence-electron chi connectivity index (χ0n) is 8.47. The number of carbonyl (C=O) groups is 1. The first-order valence-corrected chi connectivity index (χ1v) is 5.17. The molecule has 1 aliphatic carbocycles. The van der Waals surface area contributed by atoms with E-state index in [9.17, 15) is 4.79 Å². The van der Waals surface area contributed by atoms with Crippen molar-refractivity contribution in [3.05, 3.63) is 28.8 Å². The van der Waals surface area contributed by atoms with Gasteiger partial charge in [0.2, 0.25) is 0 Å². The Kier molecular flexibility index (Phi) is 2.28. The highest BCUT2D eigenvalue weighted by atomic mass is 16.1. The van der Waals surface area contributed by atoms with Gasteiger partial charge in [0.1, 0.15) is 0 Å². The van der Waals surface area contributed by atoms with E-state index in [2.05, 4.69) is 0 Å². The van der Waals surface area contributed by atoms with Crippen LogP contribution in [0.25, 0.3) is 0 Å². The molecule has 74 valence electrons. The molecule has 0 radical (unpaired) electrons. The van der Waals surface area contributed by atoms with Crippen molar-refractivity contribution in [3.8, 4) is 0 Å². The largest absolute Gasteiger partial charge is 0.398 e. The molecule has 0 heterocycles. The third-order valence-corrected chi connectivity index (χ3v) is 2.89. The van der Waals surface area contributed by atoms with Gasteiger partial charge in [0, 0.05) is 17.7 Å². The van der Waals surface area contributed by atoms with Crippen molar-refractivity contribution in [2.24, 2.45) is 0 Å². The lowest BCUT2D eigenvalue weighted by Crippen LogP contribution is -2.04. The van der Waals surface area contributed by atoms with E-state index >= 15 is 0 Å². The van der Waals surface area contributed by atoms with Crippen LogP contribution in [0.1, 0.15) is 41.3 Å². The number of anilines is 1. The Hall–Kier alpha value is -1.31. The number of fused-ring (bicyclic) bond motifs is 1. The molecule has 0 amide bonds. The smallest absolute Gasteiger partial charge is 0.164 e. The Morgan fingerprint density at radius 3 is 2.64 bits per heavy atom. The maximum atomic E-state index is 11.6. The highest BCUT2D eigenvalue weighted by Gasteiger charge is 2.15. The number of ketones is 1. The van der Waals surface area contributed by atoms with Crippen LogP contribution in [0.2, 0.25) is 0 Å². The summed E-state index contributed by atoms with van der Waals surface area (Å²) in [5.41, 5.74) is 9.86. The van der Waals surface area contributed by atoms with E-state index in [0.717, 1.165) is 12.8 Å². The molecule has 0 aliphatic heterocycles. The summed E-state index contributed by atoms with van der Waals surface area (Å²) in [6, 6.07) is 3.97. The molecule has 1 aromatic rings. The Morgan fingerprint density at radius 2 is 2.00 bits per heavy atom. The maximum absolute atomic E-state index is 11.6. The molecule has 0 saturated carbocycles. The SMILES string of the molecule is CCC(=O)c1cc2c(cc1N)CCC2. The monoisotopic (exact) mass is 189 g/mol. The lowest BCUT2D eigenvalue weighted by molar-refractivity contribution is 0.0989. The molecule has 0 bridgehead atoms. The molecule has 0 fully saturated rings. The van der Waals surface area contributed by atoms with E-state index in [0.29, 0.717) is 17.7 Å². The molecular weight excluding hydrogens is 174 g/mol. The molecule has 0 aromatic heterocycles. The van der Waals surface area contributed by atoms with Crippen molar-refractivity contribution in [2.75, 3.05) is 5.73 Å². The molecule has 0 spiro atoms. The number of nitrogens with two attached hydrogens (primary N) is 1. The zero-order valence-corrected chi connectivity index (χ0v) is 8.47. The molecule has 0 unspecified atom stereocenters. The van der Waals surface area contributed by atoms with Gasteiger partial charge < -0.3 is 5.73 Å². The lowest BCUT2D eigenvalue weighted by atomic mass is 10.0. The first kappa shape index (κ1) is 9.25. The average molecular weight is 189 g/mol. The fraction of sp³-hybridized carbons (Fsp3) is 0.417. The molecule has 1 aliphatic rings. The summed E-state index contributed by atoms with van der Waals surface area (Å²) in [5, 5.41) is 0. The number of rotatable bonds is 2. The van der Waals surface area contributed by atoms with Gasteiger partial charge in [-0.05, 0) is 42.5 Å². The summed E-state index contributed by atoms with van der Waals surface area (Å²) in [6.07, 6.45) is 3.93. The van der Waals surface area contributed by atoms with Crippen molar-refractivity contribution in [3.63, 3.8) is 0 Å². The van der Waals surface area contributed by atoms with Crippen LogP contribution in [-0.4, -0.2) is 5.78 Å². The zero-order chi connectivity index (χ0) is 10.1. The van der Waals surface area contributed by atoms with E-state index in [-0.39, 0.29) is 5.78 Å². The molecule has 2 rings (SSSR count). The summed E-state index contributed by atoms with van der Waals surface area (Å²) < 4.78 is 0. The van der Waals surface area contributed by atoms with Crippen LogP contribution in [0.3, 0.4) is 0 Å². The number of hydrogen-bond acceptors (Lipinski definition) is 2. The second kappa shape index (κ2) is 3.45. The van der Waals surface area contributed by atoms with Crippen molar-refractivity contribution < 1.29 is 4.79 Å². The van der Waals surface area contributed by atoms with Crippen LogP contribution in [0.5, 0.6) is 0 Å². The summed E-state index contributed by atoms with van der Waals surface area (Å²) in [5.74, 6) is 0.150. The van der Waals surface area contributed by atoms with Crippen LogP contribution < -0.4 is 5.73 Å². The fourth-order valence-electron chi connectivity index (χ4n) is 2.08. The summed E-state index contributed by atoms with van der Waals surface area (Å²) in [6.45, 7) is 1.87. The van der Waals surface area contributed by atoms with Crippen LogP contribution in [0.4, 0.5) is 5.69 Å². The van der Waals surface area contributed by atoms with Gasteiger partial charge in [-0.1, -0.05) is 6.92 Å². The average Bonchev–Trinajstić information content (AvgIpc) is 2.62. The lowest BCUT2D eigenvalue weighted by Gasteiger charge is -2.07. The van der Waals surface area contributed by atoms with E-state index in [4.69, 9.17) is 5.73 Å². The number of nitrogen functional groups attached to an aromatic ring is 1. The van der Waals surface area contributed by atoms with Gasteiger partial charge in [-0.2, -0.15) is 0 Å². The number of aryl methyl sites for hydroxylation is 2. The predicted molar refractivity (Wildman–Crippen MR) is 57.5 cm³/mol. The number of benzene rings is 1. The molecular formula is C12H15NO. The third-order valence-electron chi connectivity index (χ3n) is 2.89. The summed E-state index contributed by atoms with van der Waals surface area (Å²) >= 11 is 0.